The maximum Gasteiger partial charge on any atom is -1.00 e. The number of halogens is 2. The zero-order valence-electron chi connectivity index (χ0n) is 4.77. The Balaban J connectivity index is 0.000000640. The van der Waals surface area contributed by atoms with Crippen LogP contribution in [0.1, 0.15) is 0 Å². The number of rotatable bonds is 0. The van der Waals surface area contributed by atoms with Crippen molar-refractivity contribution in [3.63, 3.8) is 0 Å². The Morgan fingerprint density at radius 1 is 1.22 bits per heavy atom. The van der Waals surface area contributed by atoms with Crippen molar-refractivity contribution >= 4 is 4.16 Å². The van der Waals surface area contributed by atoms with Gasteiger partial charge in [0, 0.05) is 0 Å². The van der Waals surface area contributed by atoms with Gasteiger partial charge in [-0.25, -0.2) is 0 Å². The van der Waals surface area contributed by atoms with Crippen LogP contribution in [-0.2, 0) is 18.3 Å². The first-order chi connectivity index (χ1) is 3.80. The largest absolute Gasteiger partial charge is 1.00 e. The first kappa shape index (κ1) is 9.25. The molecule has 0 heterocycles. The number of benzene rings is 1. The first-order valence-electron chi connectivity index (χ1n) is 2.37. The molecule has 0 aliphatic rings. The molecule has 0 amide bonds. The molecule has 0 atom stereocenters. The van der Waals surface area contributed by atoms with Crippen LogP contribution in [0, 0.1) is 5.82 Å². The maximum absolute atomic E-state index is 12.3. The summed E-state index contributed by atoms with van der Waals surface area (Å²) < 4.78 is 13.2. The van der Waals surface area contributed by atoms with Gasteiger partial charge in [0.1, 0.15) is 0 Å². The summed E-state index contributed by atoms with van der Waals surface area (Å²) in [6, 6.07) is 6.84. The van der Waals surface area contributed by atoms with E-state index in [0.29, 0.717) is 0 Å². The molecule has 0 radical (unpaired) electrons. The van der Waals surface area contributed by atoms with Crippen LogP contribution in [-0.4, -0.2) is 0 Å². The molecular weight excluding hydrogens is 236 g/mol. The molecule has 3 heteroatoms. The van der Waals surface area contributed by atoms with Crippen molar-refractivity contribution in [1.82, 2.24) is 0 Å². The molecule has 44 valence electrons. The van der Waals surface area contributed by atoms with Crippen molar-refractivity contribution in [3.05, 3.63) is 30.1 Å². The Labute approximate surface area is 73.9 Å². The summed E-state index contributed by atoms with van der Waals surface area (Å²) in [5, 5.41) is 0. The fraction of sp³-hybridized carbons (Fsp3) is 0. The summed E-state index contributed by atoms with van der Waals surface area (Å²) >= 11 is 0.896. The van der Waals surface area contributed by atoms with Crippen LogP contribution in [0.2, 0.25) is 0 Å². The van der Waals surface area contributed by atoms with Gasteiger partial charge in [-0.15, -0.1) is 0 Å². The van der Waals surface area contributed by atoms with Crippen LogP contribution in [0.25, 0.3) is 0 Å². The molecule has 0 fully saturated rings. The molecule has 0 aliphatic heterocycles. The second kappa shape index (κ2) is 4.13. The molecule has 0 saturated heterocycles. The fourth-order valence-electron chi connectivity index (χ4n) is 0.498. The van der Waals surface area contributed by atoms with Crippen LogP contribution in [0.5, 0.6) is 0 Å². The third kappa shape index (κ3) is 2.55. The zero-order valence-corrected chi connectivity index (χ0v) is 9.33. The minimum Gasteiger partial charge on any atom is -1.00 e. The molecular formula is C6H4BrFZn. The number of hydrogen-bond donors (Lipinski definition) is 0. The zero-order chi connectivity index (χ0) is 5.98. The first-order valence-corrected chi connectivity index (χ1v) is 3.85. The second-order valence-corrected chi connectivity index (χ2v) is 3.19. The van der Waals surface area contributed by atoms with E-state index in [9.17, 15) is 4.39 Å². The Bertz CT molecular complexity index is 169. The van der Waals surface area contributed by atoms with Gasteiger partial charge in [-0.3, -0.25) is 0 Å². The predicted molar refractivity (Wildman–Crippen MR) is 26.0 cm³/mol. The van der Waals surface area contributed by atoms with Crippen LogP contribution >= 0.6 is 0 Å². The van der Waals surface area contributed by atoms with Crippen LogP contribution in [0.15, 0.2) is 24.3 Å². The van der Waals surface area contributed by atoms with Gasteiger partial charge in [-0.2, -0.15) is 0 Å². The molecule has 0 spiro atoms. The molecule has 1 aromatic carbocycles. The van der Waals surface area contributed by atoms with E-state index in [0.717, 1.165) is 22.5 Å². The normalized spacial score (nSPS) is 8.33. The second-order valence-electron chi connectivity index (χ2n) is 1.59. The minimum absolute atomic E-state index is 0. The molecule has 0 saturated carbocycles. The number of hydrogen-bond acceptors (Lipinski definition) is 0. The van der Waals surface area contributed by atoms with Gasteiger partial charge < -0.3 is 17.0 Å². The van der Waals surface area contributed by atoms with Crippen LogP contribution in [0.4, 0.5) is 4.39 Å². The van der Waals surface area contributed by atoms with Gasteiger partial charge in [0.15, 0.2) is 0 Å². The van der Waals surface area contributed by atoms with Crippen molar-refractivity contribution in [1.29, 1.82) is 0 Å². The van der Waals surface area contributed by atoms with Crippen LogP contribution < -0.4 is 21.1 Å². The monoisotopic (exact) mass is 238 g/mol. The van der Waals surface area contributed by atoms with Crippen molar-refractivity contribution in [3.8, 4) is 0 Å². The van der Waals surface area contributed by atoms with Crippen LogP contribution in [0.3, 0.4) is 0 Å². The molecule has 0 nitrogen and oxygen atoms in total. The summed E-state index contributed by atoms with van der Waals surface area (Å²) in [5.41, 5.74) is 0. The fourth-order valence-corrected chi connectivity index (χ4v) is 1.03. The average Bonchev–Trinajstić information content (AvgIpc) is 1.77. The average molecular weight is 240 g/mol. The van der Waals surface area contributed by atoms with Crippen molar-refractivity contribution in [2.24, 2.45) is 0 Å². The molecule has 1 rings (SSSR count). The molecule has 0 N–H and O–H groups in total. The summed E-state index contributed by atoms with van der Waals surface area (Å²) in [7, 11) is 0. The summed E-state index contributed by atoms with van der Waals surface area (Å²) in [5.74, 6) is -0.0764. The Hall–Kier alpha value is 0.253. The molecule has 0 aliphatic carbocycles. The van der Waals surface area contributed by atoms with Gasteiger partial charge in [0.2, 0.25) is 0 Å². The Morgan fingerprint density at radius 3 is 2.11 bits per heavy atom. The third-order valence-corrected chi connectivity index (χ3v) is 2.16. The maximum atomic E-state index is 12.3. The van der Waals surface area contributed by atoms with Gasteiger partial charge in [0.25, 0.3) is 0 Å². The molecule has 0 aromatic heterocycles. The van der Waals surface area contributed by atoms with E-state index in [1.807, 2.05) is 6.07 Å². The quantitative estimate of drug-likeness (QED) is 0.460. The van der Waals surface area contributed by atoms with E-state index in [4.69, 9.17) is 0 Å². The van der Waals surface area contributed by atoms with E-state index in [1.165, 1.54) is 6.07 Å². The molecule has 0 unspecified atom stereocenters. The summed E-state index contributed by atoms with van der Waals surface area (Å²) in [6.07, 6.45) is 0. The predicted octanol–water partition coefficient (Wildman–Crippen LogP) is -2.00. The summed E-state index contributed by atoms with van der Waals surface area (Å²) in [6.45, 7) is 0. The summed E-state index contributed by atoms with van der Waals surface area (Å²) in [4.78, 5) is 0. The van der Waals surface area contributed by atoms with E-state index in [2.05, 4.69) is 0 Å². The van der Waals surface area contributed by atoms with Gasteiger partial charge in [-0.1, -0.05) is 0 Å². The molecule has 0 bridgehead atoms. The van der Waals surface area contributed by atoms with Gasteiger partial charge >= 0.3 is 56.9 Å². The van der Waals surface area contributed by atoms with Gasteiger partial charge in [-0.05, 0) is 0 Å². The van der Waals surface area contributed by atoms with E-state index in [-0.39, 0.29) is 22.8 Å². The van der Waals surface area contributed by atoms with Crippen molar-refractivity contribution in [2.75, 3.05) is 0 Å². The standard InChI is InChI=1S/C6H4F.BrH.Zn/c7-6-4-2-1-3-5-6;;/h1-4H;1H;/q;;+1/p-1. The van der Waals surface area contributed by atoms with Crippen molar-refractivity contribution in [2.45, 2.75) is 0 Å². The van der Waals surface area contributed by atoms with Crippen molar-refractivity contribution < 1.29 is 39.7 Å². The topological polar surface area (TPSA) is 0 Å². The van der Waals surface area contributed by atoms with E-state index < -0.39 is 0 Å². The Kier molecular flexibility index (Phi) is 4.25. The van der Waals surface area contributed by atoms with Gasteiger partial charge in [0.05, 0.1) is 0 Å². The van der Waals surface area contributed by atoms with E-state index in [1.54, 1.807) is 12.1 Å². The molecule has 1 aromatic rings. The molecule has 9 heavy (non-hydrogen) atoms. The smallest absolute Gasteiger partial charge is 1.00 e. The van der Waals surface area contributed by atoms with E-state index >= 15 is 0 Å². The Morgan fingerprint density at radius 2 is 1.78 bits per heavy atom. The third-order valence-electron chi connectivity index (χ3n) is 0.958. The minimum atomic E-state index is -0.0764. The SMILES string of the molecule is Fc1cccc[c]1[Zn+].[Br-].